The zero-order chi connectivity index (χ0) is 15.9. The Balaban J connectivity index is 0.00000264. The fraction of sp³-hybridized carbons (Fsp3) is 0.533. The van der Waals surface area contributed by atoms with Gasteiger partial charge in [0.05, 0.1) is 12.2 Å². The zero-order valence-electron chi connectivity index (χ0n) is 14.0. The van der Waals surface area contributed by atoms with Crippen molar-refractivity contribution in [1.29, 1.82) is 0 Å². The topological polar surface area (TPSA) is 80.3 Å². The molecule has 0 saturated heterocycles. The van der Waals surface area contributed by atoms with Crippen LogP contribution in [-0.2, 0) is 13.1 Å². The van der Waals surface area contributed by atoms with Gasteiger partial charge in [0, 0.05) is 32.5 Å². The van der Waals surface area contributed by atoms with Crippen LogP contribution in [0.4, 0.5) is 0 Å². The predicted molar refractivity (Wildman–Crippen MR) is 101 cm³/mol. The maximum atomic E-state index is 5.54. The third-order valence-electron chi connectivity index (χ3n) is 3.38. The Labute approximate surface area is 154 Å². The van der Waals surface area contributed by atoms with E-state index in [1.54, 1.807) is 13.2 Å². The third kappa shape index (κ3) is 6.20. The van der Waals surface area contributed by atoms with Crippen LogP contribution in [0.5, 0.6) is 0 Å². The smallest absolute Gasteiger partial charge is 0.214 e. The first-order valence-electron chi connectivity index (χ1n) is 7.43. The molecule has 0 radical (unpaired) electrons. The monoisotopic (exact) mass is 432 g/mol. The number of nitrogens with zero attached hydrogens (tertiary/aromatic N) is 4. The van der Waals surface area contributed by atoms with Gasteiger partial charge in [0.25, 0.3) is 0 Å². The molecule has 23 heavy (non-hydrogen) atoms. The van der Waals surface area contributed by atoms with E-state index >= 15 is 0 Å². The summed E-state index contributed by atoms with van der Waals surface area (Å²) >= 11 is 0. The molecule has 0 amide bonds. The number of rotatable bonds is 6. The van der Waals surface area contributed by atoms with E-state index in [0.29, 0.717) is 18.4 Å². The number of hydrogen-bond acceptors (Lipinski definition) is 4. The molecule has 128 valence electrons. The third-order valence-corrected chi connectivity index (χ3v) is 3.38. The normalized spacial score (nSPS) is 12.6. The molecule has 0 aliphatic carbocycles. The van der Waals surface area contributed by atoms with Gasteiger partial charge in [-0.15, -0.1) is 24.0 Å². The summed E-state index contributed by atoms with van der Waals surface area (Å²) < 4.78 is 7.47. The number of aromatic nitrogens is 3. The Hall–Kier alpha value is -1.58. The molecule has 0 spiro atoms. The quantitative estimate of drug-likeness (QED) is 0.415. The Morgan fingerprint density at radius 2 is 2.17 bits per heavy atom. The van der Waals surface area contributed by atoms with Gasteiger partial charge in [-0.3, -0.25) is 9.67 Å². The van der Waals surface area contributed by atoms with Gasteiger partial charge >= 0.3 is 0 Å². The Bertz CT molecular complexity index is 588. The van der Waals surface area contributed by atoms with Crippen molar-refractivity contribution < 1.29 is 4.42 Å². The largest absolute Gasteiger partial charge is 0.444 e. The molecule has 2 aromatic rings. The molecule has 0 saturated carbocycles. The van der Waals surface area contributed by atoms with Crippen LogP contribution in [0.3, 0.4) is 0 Å². The summed E-state index contributed by atoms with van der Waals surface area (Å²) in [7, 11) is 1.75. The highest BCUT2D eigenvalue weighted by Gasteiger charge is 2.08. The summed E-state index contributed by atoms with van der Waals surface area (Å²) in [5.41, 5.74) is 0.924. The molecule has 2 rings (SSSR count). The van der Waals surface area contributed by atoms with Crippen molar-refractivity contribution in [3.8, 4) is 0 Å². The number of guanidine groups is 1. The lowest BCUT2D eigenvalue weighted by atomic mass is 10.2. The van der Waals surface area contributed by atoms with E-state index in [9.17, 15) is 0 Å². The molecule has 1 unspecified atom stereocenters. The molecule has 7 nitrogen and oxygen atoms in total. The highest BCUT2D eigenvalue weighted by molar-refractivity contribution is 14.0. The summed E-state index contributed by atoms with van der Waals surface area (Å²) in [6.45, 7) is 8.21. The average Bonchev–Trinajstić information content (AvgIpc) is 3.10. The second kappa shape index (κ2) is 9.53. The van der Waals surface area contributed by atoms with E-state index < -0.39 is 0 Å². The van der Waals surface area contributed by atoms with Crippen LogP contribution in [-0.4, -0.2) is 34.3 Å². The molecule has 2 N–H and O–H groups in total. The van der Waals surface area contributed by atoms with Gasteiger partial charge in [0.15, 0.2) is 5.96 Å². The van der Waals surface area contributed by atoms with E-state index in [0.717, 1.165) is 30.5 Å². The predicted octanol–water partition coefficient (Wildman–Crippen LogP) is 2.11. The molecular weight excluding hydrogens is 407 g/mol. The first kappa shape index (κ1) is 19.5. The number of halogens is 1. The number of nitrogens with one attached hydrogen (secondary N) is 2. The fourth-order valence-electron chi connectivity index (χ4n) is 2.06. The first-order valence-corrected chi connectivity index (χ1v) is 7.43. The van der Waals surface area contributed by atoms with Gasteiger partial charge in [-0.25, -0.2) is 4.98 Å². The first-order chi connectivity index (χ1) is 10.6. The van der Waals surface area contributed by atoms with E-state index in [4.69, 9.17) is 4.42 Å². The zero-order valence-corrected chi connectivity index (χ0v) is 16.4. The van der Waals surface area contributed by atoms with Crippen molar-refractivity contribution >= 4 is 29.9 Å². The van der Waals surface area contributed by atoms with Crippen molar-refractivity contribution in [2.75, 3.05) is 13.6 Å². The van der Waals surface area contributed by atoms with Crippen molar-refractivity contribution in [3.63, 3.8) is 0 Å². The summed E-state index contributed by atoms with van der Waals surface area (Å²) in [4.78, 5) is 8.54. The van der Waals surface area contributed by atoms with Gasteiger partial charge in [0.1, 0.15) is 5.76 Å². The van der Waals surface area contributed by atoms with Crippen LogP contribution in [0, 0.1) is 19.8 Å². The maximum Gasteiger partial charge on any atom is 0.214 e. The summed E-state index contributed by atoms with van der Waals surface area (Å²) in [6, 6.07) is 1.93. The fourth-order valence-corrected chi connectivity index (χ4v) is 2.06. The van der Waals surface area contributed by atoms with Crippen molar-refractivity contribution in [3.05, 3.63) is 35.8 Å². The number of oxazole rings is 1. The molecule has 0 aromatic carbocycles. The van der Waals surface area contributed by atoms with Gasteiger partial charge in [-0.2, -0.15) is 5.10 Å². The Morgan fingerprint density at radius 3 is 2.74 bits per heavy atom. The van der Waals surface area contributed by atoms with Gasteiger partial charge in [0.2, 0.25) is 5.89 Å². The minimum absolute atomic E-state index is 0. The number of aryl methyl sites for hydroxylation is 2. The molecule has 0 bridgehead atoms. The van der Waals surface area contributed by atoms with Gasteiger partial charge in [-0.1, -0.05) is 6.92 Å². The molecule has 2 heterocycles. The van der Waals surface area contributed by atoms with Crippen LogP contribution in [0.25, 0.3) is 0 Å². The number of aliphatic imine (C=N–C) groups is 1. The molecule has 0 aliphatic rings. The van der Waals surface area contributed by atoms with E-state index in [1.807, 2.05) is 30.8 Å². The van der Waals surface area contributed by atoms with Crippen LogP contribution < -0.4 is 10.6 Å². The average molecular weight is 432 g/mol. The maximum absolute atomic E-state index is 5.54. The minimum atomic E-state index is 0. The second-order valence-corrected chi connectivity index (χ2v) is 5.39. The molecule has 0 aliphatic heterocycles. The van der Waals surface area contributed by atoms with Crippen LogP contribution in [0.15, 0.2) is 27.9 Å². The van der Waals surface area contributed by atoms with Crippen LogP contribution in [0.1, 0.15) is 24.3 Å². The Morgan fingerprint density at radius 1 is 1.39 bits per heavy atom. The van der Waals surface area contributed by atoms with Gasteiger partial charge < -0.3 is 15.1 Å². The molecular formula is C15H25IN6O. The van der Waals surface area contributed by atoms with Crippen molar-refractivity contribution in [2.24, 2.45) is 10.9 Å². The summed E-state index contributed by atoms with van der Waals surface area (Å²) in [5.74, 6) is 2.70. The second-order valence-electron chi connectivity index (χ2n) is 5.39. The summed E-state index contributed by atoms with van der Waals surface area (Å²) in [6.07, 6.45) is 3.76. The molecule has 2 aromatic heterocycles. The molecule has 8 heteroatoms. The standard InChI is InChI=1S/C15H24N6O.HI/c1-11(10-21-7-5-6-19-21)8-17-15(16-4)18-9-14-20-12(2)13(3)22-14;/h5-7,11H,8-10H2,1-4H3,(H2,16,17,18);1H. The SMILES string of the molecule is CN=C(NCc1nc(C)c(C)o1)NCC(C)Cn1cccn1.I. The molecule has 1 atom stereocenters. The van der Waals surface area contributed by atoms with Crippen molar-refractivity contribution in [1.82, 2.24) is 25.4 Å². The van der Waals surface area contributed by atoms with E-state index in [-0.39, 0.29) is 24.0 Å². The van der Waals surface area contributed by atoms with Gasteiger partial charge in [-0.05, 0) is 25.8 Å². The number of hydrogen-bond donors (Lipinski definition) is 2. The highest BCUT2D eigenvalue weighted by atomic mass is 127. The van der Waals surface area contributed by atoms with E-state index in [1.165, 1.54) is 0 Å². The minimum Gasteiger partial charge on any atom is -0.444 e. The van der Waals surface area contributed by atoms with E-state index in [2.05, 4.69) is 32.6 Å². The van der Waals surface area contributed by atoms with Crippen LogP contribution in [0.2, 0.25) is 0 Å². The van der Waals surface area contributed by atoms with Crippen LogP contribution >= 0.6 is 24.0 Å². The lowest BCUT2D eigenvalue weighted by molar-refractivity contribution is 0.440. The lowest BCUT2D eigenvalue weighted by Gasteiger charge is -2.15. The lowest BCUT2D eigenvalue weighted by Crippen LogP contribution is -2.39. The van der Waals surface area contributed by atoms with Crippen molar-refractivity contribution in [2.45, 2.75) is 33.9 Å². The highest BCUT2D eigenvalue weighted by Crippen LogP contribution is 2.07. The summed E-state index contributed by atoms with van der Waals surface area (Å²) in [5, 5.41) is 10.7. The molecule has 0 fully saturated rings. The Kier molecular flexibility index (Phi) is 8.07.